The van der Waals surface area contributed by atoms with Gasteiger partial charge in [0.15, 0.2) is 0 Å². The van der Waals surface area contributed by atoms with Crippen LogP contribution in [0.3, 0.4) is 0 Å². The molecule has 0 atom stereocenters. The largest absolute Gasteiger partial charge is 0.325 e. The first kappa shape index (κ1) is 15.6. The van der Waals surface area contributed by atoms with E-state index in [1.807, 2.05) is 17.0 Å². The highest BCUT2D eigenvalue weighted by Gasteiger charge is 2.25. The summed E-state index contributed by atoms with van der Waals surface area (Å²) in [5.41, 5.74) is 0.761. The number of anilines is 1. The van der Waals surface area contributed by atoms with Gasteiger partial charge in [-0.15, -0.1) is 0 Å². The van der Waals surface area contributed by atoms with Crippen molar-refractivity contribution in [2.24, 2.45) is 5.92 Å². The molecule has 5 heteroatoms. The zero-order valence-electron chi connectivity index (χ0n) is 12.9. The van der Waals surface area contributed by atoms with Crippen molar-refractivity contribution in [2.45, 2.75) is 25.7 Å². The average molecular weight is 322 g/mol. The number of likely N-dealkylation sites (tertiary alicyclic amines) is 2. The van der Waals surface area contributed by atoms with Crippen molar-refractivity contribution in [3.8, 4) is 0 Å². The lowest BCUT2D eigenvalue weighted by Gasteiger charge is -2.33. The number of halogens is 1. The molecule has 22 heavy (non-hydrogen) atoms. The second kappa shape index (κ2) is 7.34. The summed E-state index contributed by atoms with van der Waals surface area (Å²) < 4.78 is 0. The first-order valence-corrected chi connectivity index (χ1v) is 8.62. The number of carbonyl (C=O) groups is 1. The van der Waals surface area contributed by atoms with Crippen LogP contribution in [0.2, 0.25) is 5.02 Å². The van der Waals surface area contributed by atoms with Gasteiger partial charge in [-0.3, -0.25) is 0 Å². The third kappa shape index (κ3) is 4.14. The van der Waals surface area contributed by atoms with Crippen LogP contribution in [-0.2, 0) is 0 Å². The summed E-state index contributed by atoms with van der Waals surface area (Å²) in [6.07, 6.45) is 4.92. The fourth-order valence-electron chi connectivity index (χ4n) is 3.42. The van der Waals surface area contributed by atoms with E-state index in [9.17, 15) is 4.79 Å². The van der Waals surface area contributed by atoms with Crippen molar-refractivity contribution in [2.75, 3.05) is 38.0 Å². The third-order valence-corrected chi connectivity index (χ3v) is 4.93. The second-order valence-electron chi connectivity index (χ2n) is 6.38. The molecule has 2 aliphatic rings. The molecule has 1 N–H and O–H groups in total. The summed E-state index contributed by atoms with van der Waals surface area (Å²) in [5.74, 6) is 0.744. The fourth-order valence-corrected chi connectivity index (χ4v) is 3.61. The highest BCUT2D eigenvalue weighted by molar-refractivity contribution is 6.30. The van der Waals surface area contributed by atoms with Crippen LogP contribution in [0.25, 0.3) is 0 Å². The van der Waals surface area contributed by atoms with Crippen LogP contribution in [-0.4, -0.2) is 48.6 Å². The molecule has 0 bridgehead atoms. The van der Waals surface area contributed by atoms with Gasteiger partial charge in [0.25, 0.3) is 0 Å². The zero-order chi connectivity index (χ0) is 15.4. The van der Waals surface area contributed by atoms with E-state index in [-0.39, 0.29) is 6.03 Å². The maximum absolute atomic E-state index is 12.3. The lowest BCUT2D eigenvalue weighted by atomic mass is 9.96. The predicted octanol–water partition coefficient (Wildman–Crippen LogP) is 3.68. The molecule has 0 unspecified atom stereocenters. The van der Waals surface area contributed by atoms with E-state index in [0.29, 0.717) is 5.02 Å². The van der Waals surface area contributed by atoms with Crippen molar-refractivity contribution in [1.29, 1.82) is 0 Å². The van der Waals surface area contributed by atoms with Crippen LogP contribution in [0.15, 0.2) is 24.3 Å². The van der Waals surface area contributed by atoms with Gasteiger partial charge in [-0.05, 0) is 62.9 Å². The van der Waals surface area contributed by atoms with Gasteiger partial charge in [0, 0.05) is 30.3 Å². The number of hydrogen-bond donors (Lipinski definition) is 1. The van der Waals surface area contributed by atoms with E-state index in [1.54, 1.807) is 12.1 Å². The maximum atomic E-state index is 12.3. The van der Waals surface area contributed by atoms with Gasteiger partial charge in [0.2, 0.25) is 0 Å². The van der Waals surface area contributed by atoms with Crippen molar-refractivity contribution in [1.82, 2.24) is 9.80 Å². The lowest BCUT2D eigenvalue weighted by Crippen LogP contribution is -2.43. The Bertz CT molecular complexity index is 508. The molecule has 2 aliphatic heterocycles. The minimum atomic E-state index is -0.0121. The molecule has 4 nitrogen and oxygen atoms in total. The molecule has 1 aromatic carbocycles. The Kier molecular flexibility index (Phi) is 5.21. The van der Waals surface area contributed by atoms with Crippen LogP contribution >= 0.6 is 11.6 Å². The summed E-state index contributed by atoms with van der Waals surface area (Å²) in [7, 11) is 0. The molecular formula is C17H24ClN3O. The van der Waals surface area contributed by atoms with Crippen molar-refractivity contribution < 1.29 is 4.79 Å². The lowest BCUT2D eigenvalue weighted by molar-refractivity contribution is 0.163. The summed E-state index contributed by atoms with van der Waals surface area (Å²) in [4.78, 5) is 16.8. The molecule has 0 radical (unpaired) electrons. The second-order valence-corrected chi connectivity index (χ2v) is 6.82. The van der Waals surface area contributed by atoms with Gasteiger partial charge in [-0.1, -0.05) is 17.7 Å². The van der Waals surface area contributed by atoms with Gasteiger partial charge in [0.1, 0.15) is 0 Å². The number of carbonyl (C=O) groups excluding carboxylic acids is 1. The number of amides is 2. The molecule has 0 aliphatic carbocycles. The van der Waals surface area contributed by atoms with E-state index in [1.165, 1.54) is 32.5 Å². The third-order valence-electron chi connectivity index (χ3n) is 4.69. The minimum absolute atomic E-state index is 0.0121. The van der Waals surface area contributed by atoms with E-state index >= 15 is 0 Å². The Morgan fingerprint density at radius 2 is 1.91 bits per heavy atom. The average Bonchev–Trinajstić information content (AvgIpc) is 3.01. The number of nitrogens with one attached hydrogen (secondary N) is 1. The van der Waals surface area contributed by atoms with E-state index in [0.717, 1.165) is 37.5 Å². The molecule has 3 rings (SSSR count). The maximum Gasteiger partial charge on any atom is 0.321 e. The van der Waals surface area contributed by atoms with Gasteiger partial charge < -0.3 is 15.1 Å². The Hall–Kier alpha value is -1.26. The van der Waals surface area contributed by atoms with E-state index in [4.69, 9.17) is 11.6 Å². The standard InChI is InChI=1S/C17H24ClN3O/c18-15-4-3-5-16(12-15)19-17(22)21-10-6-14(7-11-21)13-20-8-1-2-9-20/h3-5,12,14H,1-2,6-11,13H2,(H,19,22). The minimum Gasteiger partial charge on any atom is -0.325 e. The van der Waals surface area contributed by atoms with Crippen LogP contribution in [0, 0.1) is 5.92 Å². The molecule has 2 saturated heterocycles. The Labute approximate surface area is 137 Å². The molecule has 1 aromatic rings. The molecule has 0 saturated carbocycles. The zero-order valence-corrected chi connectivity index (χ0v) is 13.7. The van der Waals surface area contributed by atoms with Crippen LogP contribution in [0.4, 0.5) is 10.5 Å². The highest BCUT2D eigenvalue weighted by Crippen LogP contribution is 2.22. The number of benzene rings is 1. The number of hydrogen-bond acceptors (Lipinski definition) is 2. The quantitative estimate of drug-likeness (QED) is 0.921. The Morgan fingerprint density at radius 1 is 1.18 bits per heavy atom. The number of nitrogens with zero attached hydrogens (tertiary/aromatic N) is 2. The van der Waals surface area contributed by atoms with Crippen LogP contribution in [0.1, 0.15) is 25.7 Å². The molecule has 2 fully saturated rings. The molecular weight excluding hydrogens is 298 g/mol. The smallest absolute Gasteiger partial charge is 0.321 e. The molecule has 2 amide bonds. The first-order chi connectivity index (χ1) is 10.7. The van der Waals surface area contributed by atoms with Crippen molar-refractivity contribution in [3.63, 3.8) is 0 Å². The normalized spacial score (nSPS) is 20.3. The van der Waals surface area contributed by atoms with Gasteiger partial charge in [-0.2, -0.15) is 0 Å². The molecule has 120 valence electrons. The van der Waals surface area contributed by atoms with Gasteiger partial charge >= 0.3 is 6.03 Å². The van der Waals surface area contributed by atoms with Gasteiger partial charge in [-0.25, -0.2) is 4.79 Å². The number of piperidine rings is 1. The van der Waals surface area contributed by atoms with Crippen molar-refractivity contribution in [3.05, 3.63) is 29.3 Å². The number of rotatable bonds is 3. The van der Waals surface area contributed by atoms with E-state index < -0.39 is 0 Å². The Balaban J connectivity index is 1.45. The summed E-state index contributed by atoms with van der Waals surface area (Å²) in [5, 5.41) is 3.57. The summed E-state index contributed by atoms with van der Waals surface area (Å²) in [6.45, 7) is 5.44. The van der Waals surface area contributed by atoms with Gasteiger partial charge in [0.05, 0.1) is 0 Å². The highest BCUT2D eigenvalue weighted by atomic mass is 35.5. The number of urea groups is 1. The molecule has 2 heterocycles. The van der Waals surface area contributed by atoms with Crippen LogP contribution in [0.5, 0.6) is 0 Å². The van der Waals surface area contributed by atoms with E-state index in [2.05, 4.69) is 10.2 Å². The Morgan fingerprint density at radius 3 is 2.59 bits per heavy atom. The molecule has 0 spiro atoms. The fraction of sp³-hybridized carbons (Fsp3) is 0.588. The SMILES string of the molecule is O=C(Nc1cccc(Cl)c1)N1CCC(CN2CCCC2)CC1. The molecule has 0 aromatic heterocycles. The predicted molar refractivity (Wildman–Crippen MR) is 90.4 cm³/mol. The topological polar surface area (TPSA) is 35.6 Å². The summed E-state index contributed by atoms with van der Waals surface area (Å²) >= 11 is 5.94. The van der Waals surface area contributed by atoms with Crippen LogP contribution < -0.4 is 5.32 Å². The summed E-state index contributed by atoms with van der Waals surface area (Å²) in [6, 6.07) is 7.28. The first-order valence-electron chi connectivity index (χ1n) is 8.24. The van der Waals surface area contributed by atoms with Crippen molar-refractivity contribution >= 4 is 23.3 Å². The monoisotopic (exact) mass is 321 g/mol.